The smallest absolute Gasteiger partial charge is 0.409 e. The molecule has 0 N–H and O–H groups in total. The summed E-state index contributed by atoms with van der Waals surface area (Å²) >= 11 is 15.9. The van der Waals surface area contributed by atoms with Gasteiger partial charge in [-0.1, -0.05) is 51.3 Å². The average molecular weight is 657 g/mol. The Bertz CT molecular complexity index is 1540. The molecule has 0 saturated carbocycles. The molecule has 1 fully saturated rings. The Morgan fingerprint density at radius 1 is 1.08 bits per heavy atom. The Morgan fingerprint density at radius 3 is 2.28 bits per heavy atom. The van der Waals surface area contributed by atoms with Gasteiger partial charge in [0.15, 0.2) is 5.03 Å². The first kappa shape index (κ1) is 27.9. The highest BCUT2D eigenvalue weighted by atomic mass is 79.9. The number of hydrogen-bond donors (Lipinski definition) is 0. The Kier molecular flexibility index (Phi) is 7.44. The summed E-state index contributed by atoms with van der Waals surface area (Å²) in [5.41, 5.74) is -0.140. The molecule has 1 atom stereocenters. The van der Waals surface area contributed by atoms with Crippen LogP contribution in [0.5, 0.6) is 0 Å². The fourth-order valence-corrected chi connectivity index (χ4v) is 7.37. The van der Waals surface area contributed by atoms with Crippen LogP contribution in [0.2, 0.25) is 10.0 Å². The van der Waals surface area contributed by atoms with Crippen molar-refractivity contribution in [3.63, 3.8) is 0 Å². The number of aromatic nitrogens is 2. The zero-order chi connectivity index (χ0) is 28.1. The summed E-state index contributed by atoms with van der Waals surface area (Å²) in [6.45, 7) is 2.19. The molecule has 0 spiro atoms. The Labute approximate surface area is 244 Å². The van der Waals surface area contributed by atoms with E-state index in [1.165, 1.54) is 32.0 Å². The van der Waals surface area contributed by atoms with Crippen LogP contribution < -0.4 is 4.90 Å². The predicted octanol–water partition coefficient (Wildman–Crippen LogP) is 4.66. The van der Waals surface area contributed by atoms with Crippen LogP contribution in [0.1, 0.15) is 12.5 Å². The minimum atomic E-state index is -4.10. The van der Waals surface area contributed by atoms with E-state index < -0.39 is 21.7 Å². The highest BCUT2D eigenvalue weighted by Crippen LogP contribution is 2.45. The van der Waals surface area contributed by atoms with Crippen LogP contribution in [0, 0.1) is 0 Å². The third kappa shape index (κ3) is 4.93. The van der Waals surface area contributed by atoms with E-state index in [1.807, 2.05) is 24.3 Å². The number of benzene rings is 2. The fourth-order valence-electron chi connectivity index (χ4n) is 4.99. The van der Waals surface area contributed by atoms with Gasteiger partial charge in [-0.3, -0.25) is 9.36 Å². The largest absolute Gasteiger partial charge is 0.453 e. The number of piperazine rings is 1. The summed E-state index contributed by atoms with van der Waals surface area (Å²) in [6.07, 6.45) is 0.954. The number of hydrogen-bond acceptors (Lipinski definition) is 6. The first-order chi connectivity index (χ1) is 18.5. The predicted molar refractivity (Wildman–Crippen MR) is 150 cm³/mol. The maximum Gasteiger partial charge on any atom is 0.409 e. The van der Waals surface area contributed by atoms with Crippen molar-refractivity contribution in [3.05, 3.63) is 68.7 Å². The molecule has 2 aliphatic rings. The molecular weight excluding hydrogens is 633 g/mol. The molecule has 206 valence electrons. The number of anilines is 2. The fraction of sp³-hybridized carbons (Fsp3) is 0.320. The number of carbonyl (C=O) groups excluding carboxylic acids is 2. The Morgan fingerprint density at radius 2 is 1.69 bits per heavy atom. The van der Waals surface area contributed by atoms with Gasteiger partial charge in [-0.25, -0.2) is 23.1 Å². The van der Waals surface area contributed by atoms with Crippen LogP contribution in [0.25, 0.3) is 0 Å². The van der Waals surface area contributed by atoms with Gasteiger partial charge in [0.1, 0.15) is 5.54 Å². The first-order valence-corrected chi connectivity index (χ1v) is 14.9. The number of ether oxygens (including phenoxy) is 1. The Hall–Kier alpha value is -2.64. The number of halogens is 3. The molecule has 5 rings (SSSR count). The van der Waals surface area contributed by atoms with Crippen LogP contribution in [0.3, 0.4) is 0 Å². The molecule has 14 heteroatoms. The molecule has 1 aromatic heterocycles. The van der Waals surface area contributed by atoms with Gasteiger partial charge < -0.3 is 9.64 Å². The highest BCUT2D eigenvalue weighted by molar-refractivity contribution is 9.10. The third-order valence-corrected chi connectivity index (χ3v) is 9.74. The number of carbonyl (C=O) groups is 2. The number of imidazole rings is 1. The van der Waals surface area contributed by atoms with Gasteiger partial charge >= 0.3 is 6.09 Å². The van der Waals surface area contributed by atoms with Crippen molar-refractivity contribution in [3.8, 4) is 0 Å². The van der Waals surface area contributed by atoms with Crippen molar-refractivity contribution in [2.45, 2.75) is 23.9 Å². The zero-order valence-corrected chi connectivity index (χ0v) is 24.9. The number of methoxy groups -OCH3 is 1. The van der Waals surface area contributed by atoms with E-state index in [4.69, 9.17) is 27.9 Å². The summed E-state index contributed by atoms with van der Waals surface area (Å²) in [4.78, 5) is 33.3. The molecule has 3 heterocycles. The Balaban J connectivity index is 1.60. The topological polar surface area (TPSA) is 105 Å². The molecule has 2 aromatic carbocycles. The molecular formula is C25H24BrCl2N5O5S. The summed E-state index contributed by atoms with van der Waals surface area (Å²) in [7, 11) is -2.82. The van der Waals surface area contributed by atoms with Crippen molar-refractivity contribution in [2.75, 3.05) is 38.2 Å². The normalized spacial score (nSPS) is 19.9. The molecule has 2 aliphatic heterocycles. The van der Waals surface area contributed by atoms with Gasteiger partial charge in [-0.2, -0.15) is 4.31 Å². The lowest BCUT2D eigenvalue weighted by Crippen LogP contribution is -2.51. The number of sulfonamides is 1. The summed E-state index contributed by atoms with van der Waals surface area (Å²) in [6, 6.07) is 12.2. The molecule has 0 aliphatic carbocycles. The van der Waals surface area contributed by atoms with E-state index in [0.29, 0.717) is 15.7 Å². The molecule has 0 unspecified atom stereocenters. The van der Waals surface area contributed by atoms with Crippen molar-refractivity contribution >= 4 is 72.8 Å². The zero-order valence-electron chi connectivity index (χ0n) is 21.0. The summed E-state index contributed by atoms with van der Waals surface area (Å²) < 4.78 is 36.3. The van der Waals surface area contributed by atoms with Crippen LogP contribution in [-0.4, -0.2) is 72.5 Å². The molecule has 1 saturated heterocycles. The summed E-state index contributed by atoms with van der Waals surface area (Å²) in [5, 5.41) is 0.523. The number of fused-ring (bicyclic) bond motifs is 1. The van der Waals surface area contributed by atoms with Crippen molar-refractivity contribution < 1.29 is 22.7 Å². The van der Waals surface area contributed by atoms with E-state index in [-0.39, 0.29) is 49.5 Å². The van der Waals surface area contributed by atoms with E-state index in [0.717, 1.165) is 10.0 Å². The number of nitrogens with zero attached hydrogens (tertiary/aromatic N) is 5. The quantitative estimate of drug-likeness (QED) is 0.396. The lowest BCUT2D eigenvalue weighted by molar-refractivity contribution is -0.124. The van der Waals surface area contributed by atoms with Gasteiger partial charge in [0.05, 0.1) is 19.0 Å². The molecule has 0 bridgehead atoms. The number of rotatable bonds is 5. The van der Waals surface area contributed by atoms with Gasteiger partial charge in [0.2, 0.25) is 5.95 Å². The second-order valence-corrected chi connectivity index (χ2v) is 13.1. The van der Waals surface area contributed by atoms with Gasteiger partial charge in [0.25, 0.3) is 15.9 Å². The molecule has 0 radical (unpaired) electrons. The van der Waals surface area contributed by atoms with Crippen LogP contribution in [0.4, 0.5) is 16.4 Å². The third-order valence-electron chi connectivity index (χ3n) is 6.91. The number of amides is 2. The van der Waals surface area contributed by atoms with E-state index >= 15 is 0 Å². The van der Waals surface area contributed by atoms with E-state index in [9.17, 15) is 18.0 Å². The van der Waals surface area contributed by atoms with Crippen molar-refractivity contribution in [2.24, 2.45) is 0 Å². The summed E-state index contributed by atoms with van der Waals surface area (Å²) in [5.74, 6) is -0.233. The minimum absolute atomic E-state index is 0.0724. The standard InChI is InChI=1S/C25H24BrCl2N5O5S/c1-25(14-16-3-5-17(26)6-4-16)22(34)32(20-12-18(27)11-19(28)13-20)23-29-15-21(33(23)25)39(36,37)31-9-7-30(8-10-31)24(35)38-2/h3-6,11-13,15H,7-10,14H2,1-2H3/t25-/m1/s1. The molecule has 2 amide bonds. The lowest BCUT2D eigenvalue weighted by atomic mass is 9.92. The van der Waals surface area contributed by atoms with Gasteiger partial charge in [-0.05, 0) is 42.8 Å². The minimum Gasteiger partial charge on any atom is -0.453 e. The van der Waals surface area contributed by atoms with Gasteiger partial charge in [0, 0.05) is 47.1 Å². The maximum atomic E-state index is 14.1. The van der Waals surface area contributed by atoms with E-state index in [2.05, 4.69) is 20.9 Å². The lowest BCUT2D eigenvalue weighted by Gasteiger charge is -2.34. The monoisotopic (exact) mass is 655 g/mol. The molecule has 10 nitrogen and oxygen atoms in total. The molecule has 39 heavy (non-hydrogen) atoms. The maximum absolute atomic E-state index is 14.1. The molecule has 3 aromatic rings. The highest BCUT2D eigenvalue weighted by Gasteiger charge is 2.52. The second-order valence-electron chi connectivity index (χ2n) is 9.44. The average Bonchev–Trinajstić information content (AvgIpc) is 3.43. The van der Waals surface area contributed by atoms with Crippen molar-refractivity contribution in [1.29, 1.82) is 0 Å². The SMILES string of the molecule is COC(=O)N1CCN(S(=O)(=O)c2cnc3n2[C@](C)(Cc2ccc(Br)cc2)C(=O)N3c2cc(Cl)cc(Cl)c2)CC1. The van der Waals surface area contributed by atoms with Crippen LogP contribution in [-0.2, 0) is 31.5 Å². The van der Waals surface area contributed by atoms with Crippen LogP contribution in [0.15, 0.2) is 58.2 Å². The van der Waals surface area contributed by atoms with Crippen LogP contribution >= 0.6 is 39.1 Å². The first-order valence-electron chi connectivity index (χ1n) is 11.9. The van der Waals surface area contributed by atoms with Gasteiger partial charge in [-0.15, -0.1) is 0 Å². The second kappa shape index (κ2) is 10.4. The van der Waals surface area contributed by atoms with E-state index in [1.54, 1.807) is 25.1 Å². The van der Waals surface area contributed by atoms with Crippen molar-refractivity contribution in [1.82, 2.24) is 18.8 Å².